The zero-order chi connectivity index (χ0) is 12.3. The van der Waals surface area contributed by atoms with E-state index in [1.54, 1.807) is 0 Å². The summed E-state index contributed by atoms with van der Waals surface area (Å²) in [6.07, 6.45) is -4.46. The molecule has 98 valence electrons. The van der Waals surface area contributed by atoms with Gasteiger partial charge in [-0.3, -0.25) is 0 Å². The molecule has 1 aromatic carbocycles. The van der Waals surface area contributed by atoms with Crippen molar-refractivity contribution < 1.29 is 18.3 Å². The Labute approximate surface area is 108 Å². The van der Waals surface area contributed by atoms with Crippen molar-refractivity contribution in [2.75, 3.05) is 6.61 Å². The molecule has 7 heteroatoms. The molecule has 0 fully saturated rings. The highest BCUT2D eigenvalue weighted by Gasteiger charge is 2.35. The molecule has 0 aliphatic heterocycles. The minimum Gasteiger partial charge on any atom is -0.396 e. The fourth-order valence-electron chi connectivity index (χ4n) is 1.44. The summed E-state index contributed by atoms with van der Waals surface area (Å²) in [4.78, 5) is 0. The molecular weight excluding hydrogens is 278 g/mol. The van der Waals surface area contributed by atoms with Gasteiger partial charge in [-0.05, 0) is 24.1 Å². The van der Waals surface area contributed by atoms with E-state index in [2.05, 4.69) is 0 Å². The Bertz CT molecular complexity index is 371. The van der Waals surface area contributed by atoms with E-state index in [1.807, 2.05) is 0 Å². The highest BCUT2D eigenvalue weighted by Crippen LogP contribution is 2.38. The van der Waals surface area contributed by atoms with Crippen molar-refractivity contribution in [2.45, 2.75) is 18.6 Å². The van der Waals surface area contributed by atoms with Crippen LogP contribution < -0.4 is 5.73 Å². The number of rotatable bonds is 3. The van der Waals surface area contributed by atoms with E-state index < -0.39 is 17.8 Å². The first-order chi connectivity index (χ1) is 7.38. The number of benzene rings is 1. The molecule has 17 heavy (non-hydrogen) atoms. The van der Waals surface area contributed by atoms with Gasteiger partial charge in [0.05, 0.1) is 5.56 Å². The van der Waals surface area contributed by atoms with Crippen molar-refractivity contribution in [3.05, 3.63) is 34.3 Å². The first-order valence-corrected chi connectivity index (χ1v) is 4.97. The summed E-state index contributed by atoms with van der Waals surface area (Å²) in [7, 11) is 0. The Balaban J connectivity index is 0.00000256. The number of hydrogen-bond donors (Lipinski definition) is 2. The maximum absolute atomic E-state index is 12.7. The van der Waals surface area contributed by atoms with Gasteiger partial charge in [-0.2, -0.15) is 13.2 Å². The average Bonchev–Trinajstić information content (AvgIpc) is 2.16. The van der Waals surface area contributed by atoms with Gasteiger partial charge in [-0.15, -0.1) is 12.4 Å². The van der Waals surface area contributed by atoms with E-state index in [1.165, 1.54) is 12.1 Å². The van der Waals surface area contributed by atoms with Crippen LogP contribution in [0.2, 0.25) is 5.02 Å². The summed E-state index contributed by atoms with van der Waals surface area (Å²) in [5, 5.41) is 8.65. The van der Waals surface area contributed by atoms with Crippen LogP contribution in [0.25, 0.3) is 0 Å². The standard InChI is InChI=1S/C10H11ClF3NO.ClH/c11-7-3-1-2-6(10(12,13)14)9(7)8(15)4-5-16;/h1-3,8,16H,4-5,15H2;1H/t8-;/m1./s1. The first-order valence-electron chi connectivity index (χ1n) is 4.60. The lowest BCUT2D eigenvalue weighted by atomic mass is 9.98. The van der Waals surface area contributed by atoms with Gasteiger partial charge >= 0.3 is 6.18 Å². The summed E-state index contributed by atoms with van der Waals surface area (Å²) in [5.41, 5.74) is 4.55. The van der Waals surface area contributed by atoms with E-state index in [-0.39, 0.29) is 36.0 Å². The lowest BCUT2D eigenvalue weighted by molar-refractivity contribution is -0.138. The molecule has 0 aliphatic carbocycles. The number of aliphatic hydroxyl groups excluding tert-OH is 1. The molecule has 0 heterocycles. The second kappa shape index (κ2) is 6.44. The van der Waals surface area contributed by atoms with Crippen molar-refractivity contribution >= 4 is 24.0 Å². The molecule has 2 nitrogen and oxygen atoms in total. The smallest absolute Gasteiger partial charge is 0.396 e. The van der Waals surface area contributed by atoms with Crippen molar-refractivity contribution in [1.29, 1.82) is 0 Å². The van der Waals surface area contributed by atoms with E-state index in [0.717, 1.165) is 6.07 Å². The van der Waals surface area contributed by atoms with Crippen molar-refractivity contribution in [3.8, 4) is 0 Å². The highest BCUT2D eigenvalue weighted by molar-refractivity contribution is 6.31. The van der Waals surface area contributed by atoms with Crippen LogP contribution in [0, 0.1) is 0 Å². The van der Waals surface area contributed by atoms with Gasteiger partial charge in [0.2, 0.25) is 0 Å². The SMILES string of the molecule is Cl.N[C@H](CCO)c1c(Cl)cccc1C(F)(F)F. The van der Waals surface area contributed by atoms with Gasteiger partial charge < -0.3 is 10.8 Å². The van der Waals surface area contributed by atoms with Crippen LogP contribution in [0.1, 0.15) is 23.6 Å². The molecule has 1 aromatic rings. The first kappa shape index (κ1) is 16.5. The normalized spacial score (nSPS) is 13.1. The summed E-state index contributed by atoms with van der Waals surface area (Å²) in [6, 6.07) is 2.58. The van der Waals surface area contributed by atoms with Gasteiger partial charge in [0.15, 0.2) is 0 Å². The van der Waals surface area contributed by atoms with Gasteiger partial charge in [0, 0.05) is 17.7 Å². The fourth-order valence-corrected chi connectivity index (χ4v) is 1.76. The van der Waals surface area contributed by atoms with E-state index in [0.29, 0.717) is 0 Å². The number of hydrogen-bond acceptors (Lipinski definition) is 2. The molecular formula is C10H12Cl2F3NO. The third kappa shape index (κ3) is 4.03. The van der Waals surface area contributed by atoms with Crippen molar-refractivity contribution in [1.82, 2.24) is 0 Å². The second-order valence-electron chi connectivity index (χ2n) is 3.32. The zero-order valence-corrected chi connectivity index (χ0v) is 10.2. The van der Waals surface area contributed by atoms with Gasteiger partial charge in [0.1, 0.15) is 0 Å². The van der Waals surface area contributed by atoms with Crippen molar-refractivity contribution in [3.63, 3.8) is 0 Å². The molecule has 0 aliphatic rings. The van der Waals surface area contributed by atoms with Crippen LogP contribution in [-0.2, 0) is 6.18 Å². The number of alkyl halides is 3. The third-order valence-corrected chi connectivity index (χ3v) is 2.50. The minimum atomic E-state index is -4.49. The Hall–Kier alpha value is -0.490. The molecule has 0 spiro atoms. The van der Waals surface area contributed by atoms with E-state index in [9.17, 15) is 13.2 Å². The van der Waals surface area contributed by atoms with Crippen LogP contribution in [0.3, 0.4) is 0 Å². The summed E-state index contributed by atoms with van der Waals surface area (Å²) < 4.78 is 38.0. The fraction of sp³-hybridized carbons (Fsp3) is 0.400. The molecule has 0 aromatic heterocycles. The molecule has 0 bridgehead atoms. The quantitative estimate of drug-likeness (QED) is 0.898. The lowest BCUT2D eigenvalue weighted by Crippen LogP contribution is -2.19. The van der Waals surface area contributed by atoms with Crippen molar-refractivity contribution in [2.24, 2.45) is 5.73 Å². The van der Waals surface area contributed by atoms with Crippen LogP contribution in [0.4, 0.5) is 13.2 Å². The maximum atomic E-state index is 12.7. The molecule has 0 saturated carbocycles. The number of aliphatic hydroxyl groups is 1. The Kier molecular flexibility index (Phi) is 6.26. The van der Waals surface area contributed by atoms with E-state index in [4.69, 9.17) is 22.4 Å². The highest BCUT2D eigenvalue weighted by atomic mass is 35.5. The van der Waals surface area contributed by atoms with Crippen LogP contribution >= 0.6 is 24.0 Å². The van der Waals surface area contributed by atoms with Crippen LogP contribution in [-0.4, -0.2) is 11.7 Å². The Morgan fingerprint density at radius 1 is 1.35 bits per heavy atom. The number of nitrogens with two attached hydrogens (primary N) is 1. The summed E-state index contributed by atoms with van der Waals surface area (Å²) in [5.74, 6) is 0. The minimum absolute atomic E-state index is 0. The van der Waals surface area contributed by atoms with E-state index >= 15 is 0 Å². The second-order valence-corrected chi connectivity index (χ2v) is 3.72. The maximum Gasteiger partial charge on any atom is 0.416 e. The van der Waals surface area contributed by atoms with Crippen LogP contribution in [0.15, 0.2) is 18.2 Å². The lowest BCUT2D eigenvalue weighted by Gasteiger charge is -2.18. The van der Waals surface area contributed by atoms with Crippen LogP contribution in [0.5, 0.6) is 0 Å². The molecule has 0 saturated heterocycles. The monoisotopic (exact) mass is 289 g/mol. The number of halogens is 5. The molecule has 1 rings (SSSR count). The largest absolute Gasteiger partial charge is 0.416 e. The Morgan fingerprint density at radius 3 is 2.41 bits per heavy atom. The zero-order valence-electron chi connectivity index (χ0n) is 8.67. The molecule has 0 radical (unpaired) electrons. The average molecular weight is 290 g/mol. The molecule has 3 N–H and O–H groups in total. The topological polar surface area (TPSA) is 46.2 Å². The van der Waals surface area contributed by atoms with Gasteiger partial charge in [-0.1, -0.05) is 17.7 Å². The summed E-state index contributed by atoms with van der Waals surface area (Å²) >= 11 is 5.70. The predicted molar refractivity (Wildman–Crippen MR) is 62.3 cm³/mol. The Morgan fingerprint density at radius 2 is 1.94 bits per heavy atom. The predicted octanol–water partition coefficient (Wildman–Crippen LogP) is 3.16. The third-order valence-electron chi connectivity index (χ3n) is 2.17. The molecule has 0 unspecified atom stereocenters. The molecule has 1 atom stereocenters. The summed E-state index contributed by atoms with van der Waals surface area (Å²) in [6.45, 7) is -0.288. The van der Waals surface area contributed by atoms with Gasteiger partial charge in [0.25, 0.3) is 0 Å². The molecule has 0 amide bonds. The van der Waals surface area contributed by atoms with Gasteiger partial charge in [-0.25, -0.2) is 0 Å².